The minimum atomic E-state index is -0.331. The molecule has 0 saturated carbocycles. The molecule has 0 unspecified atom stereocenters. The van der Waals surface area contributed by atoms with Crippen LogP contribution in [0.25, 0.3) is 0 Å². The first-order chi connectivity index (χ1) is 10.7. The Balaban J connectivity index is 1.70. The lowest BCUT2D eigenvalue weighted by Gasteiger charge is -2.06. The van der Waals surface area contributed by atoms with E-state index in [2.05, 4.69) is 5.32 Å². The molecular weight excluding hydrogens is 281 g/mol. The summed E-state index contributed by atoms with van der Waals surface area (Å²) in [6.07, 6.45) is 1.07. The molecule has 0 fully saturated rings. The van der Waals surface area contributed by atoms with Crippen LogP contribution in [0.5, 0.6) is 0 Å². The van der Waals surface area contributed by atoms with Gasteiger partial charge in [-0.05, 0) is 12.5 Å². The first-order valence-corrected chi connectivity index (χ1v) is 7.25. The van der Waals surface area contributed by atoms with E-state index in [0.29, 0.717) is 24.0 Å². The van der Waals surface area contributed by atoms with E-state index < -0.39 is 0 Å². The summed E-state index contributed by atoms with van der Waals surface area (Å²) in [4.78, 5) is 23.6. The molecule has 0 aliphatic carbocycles. The van der Waals surface area contributed by atoms with Crippen LogP contribution in [-0.4, -0.2) is 11.7 Å². The molecule has 0 aromatic heterocycles. The van der Waals surface area contributed by atoms with Gasteiger partial charge in [0.25, 0.3) is 0 Å². The van der Waals surface area contributed by atoms with Crippen molar-refractivity contribution in [3.63, 3.8) is 0 Å². The third-order valence-corrected chi connectivity index (χ3v) is 3.34. The van der Waals surface area contributed by atoms with E-state index in [0.717, 1.165) is 0 Å². The van der Waals surface area contributed by atoms with Crippen molar-refractivity contribution in [1.29, 1.82) is 0 Å². The van der Waals surface area contributed by atoms with Gasteiger partial charge in [0.05, 0.1) is 0 Å². The summed E-state index contributed by atoms with van der Waals surface area (Å²) in [6, 6.07) is 15.3. The highest BCUT2D eigenvalue weighted by Gasteiger charge is 2.08. The highest BCUT2D eigenvalue weighted by Crippen LogP contribution is 2.08. The van der Waals surface area contributed by atoms with Crippen LogP contribution >= 0.6 is 0 Å². The van der Waals surface area contributed by atoms with Crippen LogP contribution < -0.4 is 5.32 Å². The van der Waals surface area contributed by atoms with Crippen molar-refractivity contribution in [2.75, 3.05) is 0 Å². The lowest BCUT2D eigenvalue weighted by molar-refractivity contribution is -0.121. The minimum absolute atomic E-state index is 0.0301. The van der Waals surface area contributed by atoms with Gasteiger partial charge in [0.2, 0.25) is 5.91 Å². The van der Waals surface area contributed by atoms with Crippen molar-refractivity contribution < 1.29 is 14.0 Å². The van der Waals surface area contributed by atoms with Gasteiger partial charge < -0.3 is 5.32 Å². The molecule has 0 heterocycles. The molecule has 22 heavy (non-hydrogen) atoms. The Hall–Kier alpha value is -2.49. The number of hydrogen-bond donors (Lipinski definition) is 1. The summed E-state index contributed by atoms with van der Waals surface area (Å²) in [5, 5.41) is 2.66. The van der Waals surface area contributed by atoms with Gasteiger partial charge in [-0.2, -0.15) is 0 Å². The molecule has 1 N–H and O–H groups in total. The number of ketones is 1. The quantitative estimate of drug-likeness (QED) is 0.795. The normalized spacial score (nSPS) is 10.2. The Bertz CT molecular complexity index is 641. The van der Waals surface area contributed by atoms with E-state index in [1.165, 1.54) is 6.07 Å². The lowest BCUT2D eigenvalue weighted by atomic mass is 10.1. The summed E-state index contributed by atoms with van der Waals surface area (Å²) in [5.74, 6) is -0.478. The molecule has 0 aliphatic heterocycles. The van der Waals surface area contributed by atoms with E-state index in [-0.39, 0.29) is 30.5 Å². The number of benzene rings is 2. The molecule has 0 bridgehead atoms. The van der Waals surface area contributed by atoms with Gasteiger partial charge in [-0.25, -0.2) is 4.39 Å². The first-order valence-electron chi connectivity index (χ1n) is 7.25. The van der Waals surface area contributed by atoms with E-state index in [1.54, 1.807) is 30.3 Å². The Labute approximate surface area is 129 Å². The predicted octanol–water partition coefficient (Wildman–Crippen LogP) is 3.50. The maximum Gasteiger partial charge on any atom is 0.220 e. The standard InChI is InChI=1S/C18H18FNO2/c19-16-10-5-4-9-15(16)13-20-18(22)12-6-11-17(21)14-7-2-1-3-8-14/h1-5,7-10H,6,11-13H2,(H,20,22). The fourth-order valence-corrected chi connectivity index (χ4v) is 2.10. The van der Waals surface area contributed by atoms with Crippen LogP contribution in [0.3, 0.4) is 0 Å². The van der Waals surface area contributed by atoms with Crippen LogP contribution in [0.2, 0.25) is 0 Å². The van der Waals surface area contributed by atoms with E-state index in [4.69, 9.17) is 0 Å². The smallest absolute Gasteiger partial charge is 0.220 e. The number of rotatable bonds is 7. The molecule has 0 atom stereocenters. The highest BCUT2D eigenvalue weighted by molar-refractivity contribution is 5.96. The lowest BCUT2D eigenvalue weighted by Crippen LogP contribution is -2.23. The third kappa shape index (κ3) is 4.81. The second-order valence-electron chi connectivity index (χ2n) is 5.01. The van der Waals surface area contributed by atoms with Crippen molar-refractivity contribution in [2.24, 2.45) is 0 Å². The van der Waals surface area contributed by atoms with Gasteiger partial charge in [-0.1, -0.05) is 48.5 Å². The van der Waals surface area contributed by atoms with E-state index >= 15 is 0 Å². The second kappa shape index (κ2) is 8.08. The van der Waals surface area contributed by atoms with Crippen LogP contribution in [-0.2, 0) is 11.3 Å². The molecule has 3 nitrogen and oxygen atoms in total. The largest absolute Gasteiger partial charge is 0.352 e. The van der Waals surface area contributed by atoms with Gasteiger partial charge in [-0.3, -0.25) is 9.59 Å². The van der Waals surface area contributed by atoms with Gasteiger partial charge in [-0.15, -0.1) is 0 Å². The van der Waals surface area contributed by atoms with Crippen LogP contribution in [0.4, 0.5) is 4.39 Å². The second-order valence-corrected chi connectivity index (χ2v) is 5.01. The van der Waals surface area contributed by atoms with Crippen molar-refractivity contribution >= 4 is 11.7 Å². The van der Waals surface area contributed by atoms with Crippen LogP contribution in [0.15, 0.2) is 54.6 Å². The number of nitrogens with one attached hydrogen (secondary N) is 1. The third-order valence-electron chi connectivity index (χ3n) is 3.34. The maximum atomic E-state index is 13.4. The molecular formula is C18H18FNO2. The zero-order valence-corrected chi connectivity index (χ0v) is 12.2. The van der Waals surface area contributed by atoms with Crippen molar-refractivity contribution in [1.82, 2.24) is 5.32 Å². The van der Waals surface area contributed by atoms with Crippen molar-refractivity contribution in [3.05, 3.63) is 71.5 Å². The summed E-state index contributed by atoms with van der Waals surface area (Å²) in [6.45, 7) is 0.165. The molecule has 0 spiro atoms. The van der Waals surface area contributed by atoms with E-state index in [9.17, 15) is 14.0 Å². The Morgan fingerprint density at radius 3 is 2.32 bits per heavy atom. The SMILES string of the molecule is O=C(CCCC(=O)c1ccccc1)NCc1ccccc1F. The molecule has 2 aromatic rings. The zero-order chi connectivity index (χ0) is 15.8. The summed E-state index contributed by atoms with van der Waals surface area (Å²) in [7, 11) is 0. The first kappa shape index (κ1) is 15.9. The van der Waals surface area contributed by atoms with Crippen LogP contribution in [0.1, 0.15) is 35.2 Å². The Morgan fingerprint density at radius 2 is 1.59 bits per heavy atom. The van der Waals surface area contributed by atoms with Gasteiger partial charge in [0.1, 0.15) is 5.82 Å². The van der Waals surface area contributed by atoms with Gasteiger partial charge in [0, 0.05) is 30.5 Å². The maximum absolute atomic E-state index is 13.4. The summed E-state index contributed by atoms with van der Waals surface area (Å²) >= 11 is 0. The molecule has 114 valence electrons. The predicted molar refractivity (Wildman–Crippen MR) is 82.9 cm³/mol. The number of halogens is 1. The number of amides is 1. The fourth-order valence-electron chi connectivity index (χ4n) is 2.10. The number of Topliss-reactive ketones (excluding diaryl/α,β-unsaturated/α-hetero) is 1. The summed E-state index contributed by atoms with van der Waals surface area (Å²) < 4.78 is 13.4. The molecule has 0 aliphatic rings. The van der Waals surface area contributed by atoms with Crippen LogP contribution in [0, 0.1) is 5.82 Å². The van der Waals surface area contributed by atoms with Crippen molar-refractivity contribution in [2.45, 2.75) is 25.8 Å². The van der Waals surface area contributed by atoms with Gasteiger partial charge in [0.15, 0.2) is 5.78 Å². The molecule has 2 rings (SSSR count). The molecule has 0 radical (unpaired) electrons. The molecule has 1 amide bonds. The minimum Gasteiger partial charge on any atom is -0.352 e. The topological polar surface area (TPSA) is 46.2 Å². The van der Waals surface area contributed by atoms with Gasteiger partial charge >= 0.3 is 0 Å². The number of carbonyl (C=O) groups is 2. The van der Waals surface area contributed by atoms with Crippen molar-refractivity contribution in [3.8, 4) is 0 Å². The fraction of sp³-hybridized carbons (Fsp3) is 0.222. The monoisotopic (exact) mass is 299 g/mol. The average molecular weight is 299 g/mol. The molecule has 0 saturated heterocycles. The number of hydrogen-bond acceptors (Lipinski definition) is 2. The molecule has 2 aromatic carbocycles. The highest BCUT2D eigenvalue weighted by atomic mass is 19.1. The zero-order valence-electron chi connectivity index (χ0n) is 12.2. The summed E-state index contributed by atoms with van der Waals surface area (Å²) in [5.41, 5.74) is 1.12. The van der Waals surface area contributed by atoms with E-state index in [1.807, 2.05) is 18.2 Å². The Kier molecular flexibility index (Phi) is 5.83. The molecule has 4 heteroatoms. The Morgan fingerprint density at radius 1 is 0.909 bits per heavy atom. The number of carbonyl (C=O) groups excluding carboxylic acids is 2. The average Bonchev–Trinajstić information content (AvgIpc) is 2.55.